The van der Waals surface area contributed by atoms with Crippen molar-refractivity contribution in [1.29, 1.82) is 5.26 Å². The van der Waals surface area contributed by atoms with Crippen molar-refractivity contribution >= 4 is 23.2 Å². The van der Waals surface area contributed by atoms with Crippen molar-refractivity contribution in [2.75, 3.05) is 11.1 Å². The quantitative estimate of drug-likeness (QED) is 0.294. The van der Waals surface area contributed by atoms with Crippen LogP contribution in [0.5, 0.6) is 5.75 Å². The molecule has 2 amide bonds. The lowest BCUT2D eigenvalue weighted by Gasteiger charge is -2.08. The Morgan fingerprint density at radius 3 is 2.60 bits per heavy atom. The van der Waals surface area contributed by atoms with Crippen LogP contribution in [0.2, 0.25) is 0 Å². The summed E-state index contributed by atoms with van der Waals surface area (Å²) in [4.78, 5) is 24.2. The number of nitrogens with two attached hydrogens (primary N) is 1. The fraction of sp³-hybridized carbons (Fsp3) is 0.0556. The molecule has 0 aromatic heterocycles. The Bertz CT molecular complexity index is 897. The van der Waals surface area contributed by atoms with Crippen LogP contribution in [0.3, 0.4) is 0 Å². The number of anilines is 2. The third-order valence-corrected chi connectivity index (χ3v) is 3.38. The van der Waals surface area contributed by atoms with E-state index in [1.54, 1.807) is 31.2 Å². The molecule has 0 radical (unpaired) electrons. The van der Waals surface area contributed by atoms with Gasteiger partial charge in [-0.2, -0.15) is 5.26 Å². The maximum atomic E-state index is 12.2. The van der Waals surface area contributed by atoms with Gasteiger partial charge in [-0.15, -0.1) is 0 Å². The Morgan fingerprint density at radius 1 is 1.24 bits per heavy atom. The van der Waals surface area contributed by atoms with E-state index in [1.807, 2.05) is 0 Å². The molecular formula is C18H16N4O3. The van der Waals surface area contributed by atoms with Gasteiger partial charge in [-0.3, -0.25) is 9.59 Å². The number of benzene rings is 2. The topological polar surface area (TPSA) is 128 Å². The molecule has 25 heavy (non-hydrogen) atoms. The minimum Gasteiger partial charge on any atom is -0.508 e. The van der Waals surface area contributed by atoms with Crippen molar-refractivity contribution < 1.29 is 14.7 Å². The first-order valence-electron chi connectivity index (χ1n) is 7.29. The number of nitrogen functional groups attached to an aromatic ring is 1. The Morgan fingerprint density at radius 2 is 1.96 bits per heavy atom. The second-order valence-corrected chi connectivity index (χ2v) is 5.18. The van der Waals surface area contributed by atoms with E-state index in [-0.39, 0.29) is 22.6 Å². The standard InChI is InChI=1S/C18H16N4O3/c1-11-8-13(23)6-7-16(11)22-17(24)12(9-19)10-21-18(25)14-4-2-3-5-15(14)20/h2-8,10,23H,20H2,1H3,(H,21,25)(H,22,24)/b12-10-. The number of phenolic OH excluding ortho intramolecular Hbond substituents is 1. The van der Waals surface area contributed by atoms with E-state index in [0.717, 1.165) is 6.20 Å². The second-order valence-electron chi connectivity index (χ2n) is 5.18. The highest BCUT2D eigenvalue weighted by Crippen LogP contribution is 2.20. The molecule has 0 saturated heterocycles. The molecule has 0 saturated carbocycles. The van der Waals surface area contributed by atoms with Crippen LogP contribution in [0.15, 0.2) is 54.2 Å². The highest BCUT2D eigenvalue weighted by molar-refractivity contribution is 6.07. The fourth-order valence-electron chi connectivity index (χ4n) is 2.05. The molecule has 0 aliphatic carbocycles. The molecule has 2 rings (SSSR count). The molecule has 7 nitrogen and oxygen atoms in total. The molecule has 0 unspecified atom stereocenters. The summed E-state index contributed by atoms with van der Waals surface area (Å²) in [6, 6.07) is 12.6. The first-order chi connectivity index (χ1) is 11.9. The summed E-state index contributed by atoms with van der Waals surface area (Å²) in [7, 11) is 0. The van der Waals surface area contributed by atoms with Crippen LogP contribution in [0.4, 0.5) is 11.4 Å². The first kappa shape index (κ1) is 17.6. The second kappa shape index (κ2) is 7.66. The summed E-state index contributed by atoms with van der Waals surface area (Å²) < 4.78 is 0. The van der Waals surface area contributed by atoms with Gasteiger partial charge in [-0.25, -0.2) is 0 Å². The van der Waals surface area contributed by atoms with Gasteiger partial charge in [0.2, 0.25) is 0 Å². The van der Waals surface area contributed by atoms with Crippen LogP contribution < -0.4 is 16.4 Å². The van der Waals surface area contributed by atoms with Gasteiger partial charge in [0.05, 0.1) is 5.56 Å². The van der Waals surface area contributed by atoms with Gasteiger partial charge < -0.3 is 21.5 Å². The predicted molar refractivity (Wildman–Crippen MR) is 93.5 cm³/mol. The fourth-order valence-corrected chi connectivity index (χ4v) is 2.05. The molecule has 0 spiro atoms. The molecule has 126 valence electrons. The normalized spacial score (nSPS) is 10.6. The monoisotopic (exact) mass is 336 g/mol. The minimum atomic E-state index is -0.683. The summed E-state index contributed by atoms with van der Waals surface area (Å²) in [6.45, 7) is 1.70. The SMILES string of the molecule is Cc1cc(O)ccc1NC(=O)/C(C#N)=C\NC(=O)c1ccccc1N. The number of para-hydroxylation sites is 1. The molecule has 0 fully saturated rings. The number of nitrogens with one attached hydrogen (secondary N) is 2. The molecule has 0 heterocycles. The highest BCUT2D eigenvalue weighted by atomic mass is 16.3. The molecule has 2 aromatic carbocycles. The van der Waals surface area contributed by atoms with Gasteiger partial charge in [0.25, 0.3) is 11.8 Å². The Hall–Kier alpha value is -3.79. The zero-order chi connectivity index (χ0) is 18.4. The predicted octanol–water partition coefficient (Wildman–Crippen LogP) is 2.06. The average Bonchev–Trinajstić information content (AvgIpc) is 2.58. The molecule has 0 bridgehead atoms. The molecule has 5 N–H and O–H groups in total. The third-order valence-electron chi connectivity index (χ3n) is 3.38. The van der Waals surface area contributed by atoms with Crippen molar-refractivity contribution in [2.45, 2.75) is 6.92 Å². The molecule has 0 atom stereocenters. The van der Waals surface area contributed by atoms with E-state index in [2.05, 4.69) is 10.6 Å². The number of nitrogens with zero attached hydrogens (tertiary/aromatic N) is 1. The minimum absolute atomic E-state index is 0.0688. The van der Waals surface area contributed by atoms with Crippen LogP contribution >= 0.6 is 0 Å². The lowest BCUT2D eigenvalue weighted by atomic mass is 10.1. The van der Waals surface area contributed by atoms with Crippen LogP contribution in [-0.4, -0.2) is 16.9 Å². The molecular weight excluding hydrogens is 320 g/mol. The van der Waals surface area contributed by atoms with Crippen molar-refractivity contribution in [2.24, 2.45) is 0 Å². The van der Waals surface area contributed by atoms with Gasteiger partial charge in [0.1, 0.15) is 17.4 Å². The van der Waals surface area contributed by atoms with E-state index in [1.165, 1.54) is 24.3 Å². The van der Waals surface area contributed by atoms with Crippen LogP contribution in [0.1, 0.15) is 15.9 Å². The molecule has 2 aromatic rings. The molecule has 0 aliphatic rings. The van der Waals surface area contributed by atoms with Crippen LogP contribution in [0, 0.1) is 18.3 Å². The lowest BCUT2D eigenvalue weighted by Crippen LogP contribution is -2.22. The Labute approximate surface area is 144 Å². The number of aryl methyl sites for hydroxylation is 1. The zero-order valence-corrected chi connectivity index (χ0v) is 13.4. The van der Waals surface area contributed by atoms with E-state index >= 15 is 0 Å². The number of aromatic hydroxyl groups is 1. The van der Waals surface area contributed by atoms with Gasteiger partial charge >= 0.3 is 0 Å². The number of nitriles is 1. The third kappa shape index (κ3) is 4.36. The Kier molecular flexibility index (Phi) is 5.38. The summed E-state index contributed by atoms with van der Waals surface area (Å²) in [5.74, 6) is -1.14. The largest absolute Gasteiger partial charge is 0.508 e. The number of hydrogen-bond donors (Lipinski definition) is 4. The first-order valence-corrected chi connectivity index (χ1v) is 7.29. The van der Waals surface area contributed by atoms with Crippen molar-refractivity contribution in [3.63, 3.8) is 0 Å². The van der Waals surface area contributed by atoms with Crippen LogP contribution in [-0.2, 0) is 4.79 Å². The summed E-state index contributed by atoms with van der Waals surface area (Å²) >= 11 is 0. The van der Waals surface area contributed by atoms with Gasteiger partial charge in [0, 0.05) is 17.6 Å². The smallest absolute Gasteiger partial charge is 0.267 e. The van der Waals surface area contributed by atoms with Gasteiger partial charge in [-0.05, 0) is 42.8 Å². The number of carbonyl (C=O) groups excluding carboxylic acids is 2. The van der Waals surface area contributed by atoms with E-state index < -0.39 is 11.8 Å². The van der Waals surface area contributed by atoms with Gasteiger partial charge in [-0.1, -0.05) is 12.1 Å². The highest BCUT2D eigenvalue weighted by Gasteiger charge is 2.13. The number of amides is 2. The summed E-state index contributed by atoms with van der Waals surface area (Å²) in [5, 5.41) is 23.4. The average molecular weight is 336 g/mol. The maximum Gasteiger partial charge on any atom is 0.267 e. The van der Waals surface area contributed by atoms with Gasteiger partial charge in [0.15, 0.2) is 0 Å². The lowest BCUT2D eigenvalue weighted by molar-refractivity contribution is -0.112. The van der Waals surface area contributed by atoms with Crippen LogP contribution in [0.25, 0.3) is 0 Å². The maximum absolute atomic E-state index is 12.2. The summed E-state index contributed by atoms with van der Waals surface area (Å²) in [5.41, 5.74) is 7.03. The van der Waals surface area contributed by atoms with Crippen molar-refractivity contribution in [1.82, 2.24) is 5.32 Å². The number of phenols is 1. The van der Waals surface area contributed by atoms with E-state index in [9.17, 15) is 14.7 Å². The number of hydrogen-bond acceptors (Lipinski definition) is 5. The Balaban J connectivity index is 2.12. The summed E-state index contributed by atoms with van der Waals surface area (Å²) in [6.07, 6.45) is 1.03. The number of carbonyl (C=O) groups is 2. The molecule has 7 heteroatoms. The van der Waals surface area contributed by atoms with Crippen molar-refractivity contribution in [3.05, 3.63) is 65.4 Å². The van der Waals surface area contributed by atoms with Crippen molar-refractivity contribution in [3.8, 4) is 11.8 Å². The van der Waals surface area contributed by atoms with E-state index in [0.29, 0.717) is 11.3 Å². The zero-order valence-electron chi connectivity index (χ0n) is 13.4. The van der Waals surface area contributed by atoms with E-state index in [4.69, 9.17) is 11.0 Å². The number of rotatable bonds is 4. The molecule has 0 aliphatic heterocycles.